The summed E-state index contributed by atoms with van der Waals surface area (Å²) in [5.74, 6) is -1.15. The number of carbonyl (C=O) groups is 2. The number of aliphatic hydroxyl groups is 1. The summed E-state index contributed by atoms with van der Waals surface area (Å²) in [6.07, 6.45) is -4.98. The maximum Gasteiger partial charge on any atom is 0.416 e. The summed E-state index contributed by atoms with van der Waals surface area (Å²) in [5.41, 5.74) is -0.691. The van der Waals surface area contributed by atoms with Gasteiger partial charge in [0.2, 0.25) is 0 Å². The van der Waals surface area contributed by atoms with Gasteiger partial charge in [0.25, 0.3) is 5.91 Å². The molecule has 0 fully saturated rings. The molecule has 3 aromatic carbocycles. The molecule has 1 aliphatic rings. The quantitative estimate of drug-likeness (QED) is 0.568. The average Bonchev–Trinajstić information content (AvgIpc) is 2.96. The molecule has 164 valence electrons. The number of alkyl halides is 3. The van der Waals surface area contributed by atoms with E-state index in [0.717, 1.165) is 17.7 Å². The molecule has 1 amide bonds. The first-order valence-corrected chi connectivity index (χ1v) is 9.99. The Morgan fingerprint density at radius 2 is 1.69 bits per heavy atom. The van der Waals surface area contributed by atoms with Gasteiger partial charge in [0.15, 0.2) is 11.4 Å². The molecule has 0 radical (unpaired) electrons. The van der Waals surface area contributed by atoms with Gasteiger partial charge in [-0.1, -0.05) is 60.2 Å². The second kappa shape index (κ2) is 7.91. The van der Waals surface area contributed by atoms with Crippen LogP contribution in [0.5, 0.6) is 0 Å². The summed E-state index contributed by atoms with van der Waals surface area (Å²) in [7, 11) is 0. The summed E-state index contributed by atoms with van der Waals surface area (Å²) >= 11 is 0. The number of anilines is 1. The topological polar surface area (TPSA) is 57.6 Å². The van der Waals surface area contributed by atoms with E-state index in [9.17, 15) is 27.9 Å². The molecule has 0 saturated carbocycles. The van der Waals surface area contributed by atoms with Gasteiger partial charge in [-0.25, -0.2) is 0 Å². The van der Waals surface area contributed by atoms with E-state index >= 15 is 0 Å². The number of benzene rings is 3. The van der Waals surface area contributed by atoms with Crippen LogP contribution in [0.15, 0.2) is 72.8 Å². The average molecular weight is 439 g/mol. The van der Waals surface area contributed by atoms with E-state index in [-0.39, 0.29) is 17.7 Å². The zero-order valence-corrected chi connectivity index (χ0v) is 17.2. The van der Waals surface area contributed by atoms with Gasteiger partial charge in [0, 0.05) is 11.1 Å². The van der Waals surface area contributed by atoms with E-state index < -0.39 is 35.5 Å². The fourth-order valence-corrected chi connectivity index (χ4v) is 3.94. The number of Topliss-reactive ketones (excluding diaryl/α,β-unsaturated/α-hetero) is 1. The molecule has 0 aromatic heterocycles. The van der Waals surface area contributed by atoms with Crippen molar-refractivity contribution in [2.75, 3.05) is 4.90 Å². The number of para-hydroxylation sites is 1. The van der Waals surface area contributed by atoms with Gasteiger partial charge in [-0.15, -0.1) is 0 Å². The van der Waals surface area contributed by atoms with Crippen molar-refractivity contribution in [2.24, 2.45) is 0 Å². The number of hydrogen-bond acceptors (Lipinski definition) is 3. The number of amides is 1. The second-order valence-corrected chi connectivity index (χ2v) is 7.93. The van der Waals surface area contributed by atoms with Crippen LogP contribution in [0.2, 0.25) is 0 Å². The van der Waals surface area contributed by atoms with E-state index in [1.807, 2.05) is 6.92 Å². The highest BCUT2D eigenvalue weighted by molar-refractivity contribution is 6.10. The summed E-state index contributed by atoms with van der Waals surface area (Å²) in [5, 5.41) is 11.3. The third-order valence-electron chi connectivity index (χ3n) is 5.62. The molecular weight excluding hydrogens is 419 g/mol. The molecule has 4 rings (SSSR count). The second-order valence-electron chi connectivity index (χ2n) is 7.93. The third-order valence-corrected chi connectivity index (χ3v) is 5.62. The first kappa shape index (κ1) is 21.8. The van der Waals surface area contributed by atoms with Gasteiger partial charge < -0.3 is 10.0 Å². The summed E-state index contributed by atoms with van der Waals surface area (Å²) in [4.78, 5) is 27.4. The third kappa shape index (κ3) is 3.91. The van der Waals surface area contributed by atoms with Crippen molar-refractivity contribution in [3.8, 4) is 0 Å². The van der Waals surface area contributed by atoms with Crippen LogP contribution in [0.25, 0.3) is 0 Å². The van der Waals surface area contributed by atoms with Crippen molar-refractivity contribution in [3.63, 3.8) is 0 Å². The number of carbonyl (C=O) groups excluding carboxylic acids is 2. The fourth-order valence-electron chi connectivity index (χ4n) is 3.94. The lowest BCUT2D eigenvalue weighted by atomic mass is 9.88. The van der Waals surface area contributed by atoms with Crippen LogP contribution in [0, 0.1) is 6.92 Å². The summed E-state index contributed by atoms with van der Waals surface area (Å²) in [6.45, 7) is 1.71. The normalized spacial score (nSPS) is 18.0. The van der Waals surface area contributed by atoms with E-state index in [4.69, 9.17) is 0 Å². The van der Waals surface area contributed by atoms with Crippen molar-refractivity contribution < 1.29 is 27.9 Å². The summed E-state index contributed by atoms with van der Waals surface area (Å²) < 4.78 is 39.3. The van der Waals surface area contributed by atoms with Crippen LogP contribution >= 0.6 is 0 Å². The van der Waals surface area contributed by atoms with Gasteiger partial charge in [-0.2, -0.15) is 13.2 Å². The monoisotopic (exact) mass is 439 g/mol. The molecule has 1 heterocycles. The van der Waals surface area contributed by atoms with Gasteiger partial charge >= 0.3 is 6.18 Å². The zero-order chi connectivity index (χ0) is 23.1. The highest BCUT2D eigenvalue weighted by Crippen LogP contribution is 2.43. The predicted molar refractivity (Wildman–Crippen MR) is 113 cm³/mol. The molecule has 0 spiro atoms. The number of rotatable bonds is 5. The number of fused-ring (bicyclic) bond motifs is 1. The zero-order valence-electron chi connectivity index (χ0n) is 17.2. The molecular formula is C25H20F3NO3. The predicted octanol–water partition coefficient (Wildman–Crippen LogP) is 5.02. The lowest BCUT2D eigenvalue weighted by Gasteiger charge is -2.23. The molecule has 3 aromatic rings. The standard InChI is InChI=1S/C25H20F3NO3/c1-16-9-11-18(12-10-16)22(30)14-24(32)20-7-2-3-8-21(20)29(23(24)31)15-17-5-4-6-19(13-17)25(26,27)28/h2-13,32H,14-15H2,1H3/t24-/m1/s1. The largest absolute Gasteiger partial charge is 0.416 e. The van der Waals surface area contributed by atoms with Gasteiger partial charge in [0.1, 0.15) is 0 Å². The molecule has 1 aliphatic heterocycles. The number of nitrogens with zero attached hydrogens (tertiary/aromatic N) is 1. The van der Waals surface area contributed by atoms with Crippen molar-refractivity contribution in [3.05, 3.63) is 101 Å². The van der Waals surface area contributed by atoms with Crippen LogP contribution in [0.3, 0.4) is 0 Å². The van der Waals surface area contributed by atoms with E-state index in [0.29, 0.717) is 11.3 Å². The number of aryl methyl sites for hydroxylation is 1. The van der Waals surface area contributed by atoms with Crippen molar-refractivity contribution in [1.82, 2.24) is 0 Å². The molecule has 0 aliphatic carbocycles. The van der Waals surface area contributed by atoms with Gasteiger partial charge in [-0.05, 0) is 30.7 Å². The molecule has 7 heteroatoms. The maximum absolute atomic E-state index is 13.3. The maximum atomic E-state index is 13.3. The lowest BCUT2D eigenvalue weighted by Crippen LogP contribution is -2.41. The van der Waals surface area contributed by atoms with Crippen LogP contribution in [-0.2, 0) is 23.1 Å². The highest BCUT2D eigenvalue weighted by atomic mass is 19.4. The Labute approximate surface area is 182 Å². The first-order chi connectivity index (χ1) is 15.1. The van der Waals surface area contributed by atoms with Crippen molar-refractivity contribution >= 4 is 17.4 Å². The molecule has 1 N–H and O–H groups in total. The Balaban J connectivity index is 1.66. The SMILES string of the molecule is Cc1ccc(C(=O)C[C@]2(O)C(=O)N(Cc3cccc(C(F)(F)F)c3)c3ccccc32)cc1. The van der Waals surface area contributed by atoms with Gasteiger partial charge in [0.05, 0.1) is 24.2 Å². The van der Waals surface area contributed by atoms with Crippen LogP contribution in [0.4, 0.5) is 18.9 Å². The molecule has 32 heavy (non-hydrogen) atoms. The first-order valence-electron chi connectivity index (χ1n) is 9.99. The van der Waals surface area contributed by atoms with Crippen molar-refractivity contribution in [1.29, 1.82) is 0 Å². The van der Waals surface area contributed by atoms with Crippen molar-refractivity contribution in [2.45, 2.75) is 31.7 Å². The number of halogens is 3. The Kier molecular flexibility index (Phi) is 5.38. The van der Waals surface area contributed by atoms with Crippen LogP contribution < -0.4 is 4.90 Å². The number of ketones is 1. The molecule has 1 atom stereocenters. The fraction of sp³-hybridized carbons (Fsp3) is 0.200. The number of hydrogen-bond donors (Lipinski definition) is 1. The van der Waals surface area contributed by atoms with Crippen LogP contribution in [0.1, 0.15) is 39.0 Å². The smallest absolute Gasteiger partial charge is 0.375 e. The van der Waals surface area contributed by atoms with E-state index in [2.05, 4.69) is 0 Å². The minimum Gasteiger partial charge on any atom is -0.375 e. The Bertz CT molecular complexity index is 1190. The van der Waals surface area contributed by atoms with E-state index in [1.54, 1.807) is 48.5 Å². The highest BCUT2D eigenvalue weighted by Gasteiger charge is 2.50. The minimum absolute atomic E-state index is 0.166. The minimum atomic E-state index is -4.51. The Hall–Kier alpha value is -3.45. The van der Waals surface area contributed by atoms with E-state index in [1.165, 1.54) is 17.0 Å². The molecule has 0 saturated heterocycles. The lowest BCUT2D eigenvalue weighted by molar-refractivity contribution is -0.137. The molecule has 0 bridgehead atoms. The summed E-state index contributed by atoms with van der Waals surface area (Å²) in [6, 6.07) is 18.0. The molecule has 0 unspecified atom stereocenters. The Morgan fingerprint density at radius 3 is 2.38 bits per heavy atom. The Morgan fingerprint density at radius 1 is 1.00 bits per heavy atom. The molecule has 4 nitrogen and oxygen atoms in total. The van der Waals surface area contributed by atoms with Crippen LogP contribution in [-0.4, -0.2) is 16.8 Å². The van der Waals surface area contributed by atoms with Gasteiger partial charge in [-0.3, -0.25) is 9.59 Å².